The van der Waals surface area contributed by atoms with Crippen molar-refractivity contribution in [2.45, 2.75) is 12.5 Å². The Morgan fingerprint density at radius 3 is 2.12 bits per heavy atom. The van der Waals surface area contributed by atoms with Crippen molar-refractivity contribution in [3.05, 3.63) is 0 Å². The molecule has 0 saturated heterocycles. The van der Waals surface area contributed by atoms with Gasteiger partial charge in [-0.2, -0.15) is 0 Å². The number of nitrogens with two attached hydrogens (primary N) is 1. The molecular weight excluding hydrogens is 226 g/mol. The number of aliphatic hydroxyl groups excluding tert-OH is 1. The predicted octanol–water partition coefficient (Wildman–Crippen LogP) is -0.608. The molecule has 0 saturated carbocycles. The smallest absolute Gasteiger partial charge is 0.0720 e. The number of ether oxygens (including phenoxy) is 4. The number of aliphatic hydroxyl groups is 1. The van der Waals surface area contributed by atoms with Crippen LogP contribution >= 0.6 is 0 Å². The third-order valence-corrected chi connectivity index (χ3v) is 2.10. The number of hydrogen-bond acceptors (Lipinski definition) is 6. The maximum Gasteiger partial charge on any atom is 0.0720 e. The molecule has 6 nitrogen and oxygen atoms in total. The Hall–Kier alpha value is -0.240. The lowest BCUT2D eigenvalue weighted by Crippen LogP contribution is -2.26. The minimum atomic E-state index is -0.0819. The largest absolute Gasteiger partial charge is 0.396 e. The average molecular weight is 251 g/mol. The van der Waals surface area contributed by atoms with E-state index in [2.05, 4.69) is 0 Å². The van der Waals surface area contributed by atoms with Crippen LogP contribution in [-0.4, -0.2) is 71.1 Å². The second-order valence-electron chi connectivity index (χ2n) is 3.46. The molecule has 0 aliphatic rings. The first-order chi connectivity index (χ1) is 8.35. The van der Waals surface area contributed by atoms with E-state index in [1.165, 1.54) is 0 Å². The van der Waals surface area contributed by atoms with E-state index in [1.807, 2.05) is 0 Å². The van der Waals surface area contributed by atoms with Crippen LogP contribution in [0.2, 0.25) is 0 Å². The molecule has 0 aliphatic heterocycles. The van der Waals surface area contributed by atoms with Crippen LogP contribution in [0, 0.1) is 0 Å². The van der Waals surface area contributed by atoms with Crippen LogP contribution in [0.4, 0.5) is 0 Å². The molecule has 0 spiro atoms. The van der Waals surface area contributed by atoms with Crippen LogP contribution in [0.1, 0.15) is 6.42 Å². The molecule has 0 fully saturated rings. The lowest BCUT2D eigenvalue weighted by Gasteiger charge is -2.14. The zero-order valence-electron chi connectivity index (χ0n) is 10.6. The Morgan fingerprint density at radius 2 is 1.59 bits per heavy atom. The summed E-state index contributed by atoms with van der Waals surface area (Å²) in [5.74, 6) is 0. The standard InChI is InChI=1S/C11H25NO5/c1-14-4-5-15-6-7-16-8-9-17-11(10-12)2-3-13/h11,13H,2-10,12H2,1H3. The molecule has 0 aromatic rings. The summed E-state index contributed by atoms with van der Waals surface area (Å²) in [5, 5.41) is 8.72. The monoisotopic (exact) mass is 251 g/mol. The van der Waals surface area contributed by atoms with Crippen molar-refractivity contribution in [1.29, 1.82) is 0 Å². The highest BCUT2D eigenvalue weighted by molar-refractivity contribution is 4.57. The highest BCUT2D eigenvalue weighted by Gasteiger charge is 2.04. The minimum absolute atomic E-state index is 0.0819. The summed E-state index contributed by atoms with van der Waals surface area (Å²) >= 11 is 0. The zero-order chi connectivity index (χ0) is 12.8. The first-order valence-corrected chi connectivity index (χ1v) is 5.92. The second kappa shape index (κ2) is 13.8. The van der Waals surface area contributed by atoms with Gasteiger partial charge in [0, 0.05) is 20.3 Å². The lowest BCUT2D eigenvalue weighted by atomic mass is 10.3. The highest BCUT2D eigenvalue weighted by Crippen LogP contribution is 1.95. The predicted molar refractivity (Wildman–Crippen MR) is 64.0 cm³/mol. The molecule has 0 aromatic carbocycles. The van der Waals surface area contributed by atoms with Crippen molar-refractivity contribution in [2.75, 3.05) is 59.9 Å². The van der Waals surface area contributed by atoms with E-state index in [4.69, 9.17) is 29.8 Å². The quantitative estimate of drug-likeness (QED) is 0.425. The second-order valence-corrected chi connectivity index (χ2v) is 3.46. The van der Waals surface area contributed by atoms with Gasteiger partial charge in [-0.15, -0.1) is 0 Å². The highest BCUT2D eigenvalue weighted by atomic mass is 16.6. The fraction of sp³-hybridized carbons (Fsp3) is 1.00. The van der Waals surface area contributed by atoms with E-state index in [1.54, 1.807) is 7.11 Å². The zero-order valence-corrected chi connectivity index (χ0v) is 10.6. The van der Waals surface area contributed by atoms with Gasteiger partial charge in [-0.3, -0.25) is 0 Å². The van der Waals surface area contributed by atoms with E-state index in [9.17, 15) is 0 Å². The van der Waals surface area contributed by atoms with Gasteiger partial charge in [0.25, 0.3) is 0 Å². The van der Waals surface area contributed by atoms with Crippen molar-refractivity contribution in [2.24, 2.45) is 5.73 Å². The first-order valence-electron chi connectivity index (χ1n) is 5.92. The van der Waals surface area contributed by atoms with E-state index in [0.717, 1.165) is 0 Å². The lowest BCUT2D eigenvalue weighted by molar-refractivity contribution is -0.0190. The molecule has 104 valence electrons. The molecule has 0 radical (unpaired) electrons. The van der Waals surface area contributed by atoms with Crippen molar-refractivity contribution in [1.82, 2.24) is 0 Å². The Labute approximate surface area is 103 Å². The van der Waals surface area contributed by atoms with Gasteiger partial charge in [0.05, 0.1) is 45.7 Å². The van der Waals surface area contributed by atoms with Crippen LogP contribution in [0.5, 0.6) is 0 Å². The Kier molecular flexibility index (Phi) is 13.6. The van der Waals surface area contributed by atoms with Gasteiger partial charge in [0.1, 0.15) is 0 Å². The van der Waals surface area contributed by atoms with Gasteiger partial charge in [0.15, 0.2) is 0 Å². The summed E-state index contributed by atoms with van der Waals surface area (Å²) < 4.78 is 20.7. The number of methoxy groups -OCH3 is 1. The normalized spacial score (nSPS) is 12.9. The SMILES string of the molecule is COCCOCCOCCOC(CN)CCO. The van der Waals surface area contributed by atoms with E-state index >= 15 is 0 Å². The summed E-state index contributed by atoms with van der Waals surface area (Å²) in [7, 11) is 1.64. The third-order valence-electron chi connectivity index (χ3n) is 2.10. The molecule has 0 aliphatic carbocycles. The number of rotatable bonds is 13. The molecule has 0 aromatic heterocycles. The molecule has 0 rings (SSSR count). The minimum Gasteiger partial charge on any atom is -0.396 e. The van der Waals surface area contributed by atoms with Crippen LogP contribution in [-0.2, 0) is 18.9 Å². The van der Waals surface area contributed by atoms with E-state index in [-0.39, 0.29) is 12.7 Å². The number of hydrogen-bond donors (Lipinski definition) is 2. The van der Waals surface area contributed by atoms with E-state index < -0.39 is 0 Å². The summed E-state index contributed by atoms with van der Waals surface area (Å²) in [4.78, 5) is 0. The maximum atomic E-state index is 8.72. The fourth-order valence-corrected chi connectivity index (χ4v) is 1.15. The summed E-state index contributed by atoms with van der Waals surface area (Å²) in [6.45, 7) is 3.79. The Morgan fingerprint density at radius 1 is 1.00 bits per heavy atom. The Bertz CT molecular complexity index is 148. The maximum absolute atomic E-state index is 8.72. The summed E-state index contributed by atoms with van der Waals surface area (Å²) in [6, 6.07) is 0. The molecule has 1 unspecified atom stereocenters. The molecule has 6 heteroatoms. The molecule has 17 heavy (non-hydrogen) atoms. The van der Waals surface area contributed by atoms with Crippen LogP contribution in [0.3, 0.4) is 0 Å². The average Bonchev–Trinajstić information content (AvgIpc) is 2.35. The molecule has 0 heterocycles. The van der Waals surface area contributed by atoms with Crippen LogP contribution in [0.25, 0.3) is 0 Å². The third kappa shape index (κ3) is 12.0. The van der Waals surface area contributed by atoms with Gasteiger partial charge in [-0.25, -0.2) is 0 Å². The molecule has 1 atom stereocenters. The molecule has 0 bridgehead atoms. The van der Waals surface area contributed by atoms with Gasteiger partial charge in [-0.1, -0.05) is 0 Å². The van der Waals surface area contributed by atoms with Crippen molar-refractivity contribution >= 4 is 0 Å². The van der Waals surface area contributed by atoms with Gasteiger partial charge < -0.3 is 29.8 Å². The summed E-state index contributed by atoms with van der Waals surface area (Å²) in [5.41, 5.74) is 5.46. The van der Waals surface area contributed by atoms with Gasteiger partial charge >= 0.3 is 0 Å². The Balaban J connectivity index is 3.11. The topological polar surface area (TPSA) is 83.2 Å². The van der Waals surface area contributed by atoms with Crippen LogP contribution < -0.4 is 5.73 Å². The summed E-state index contributed by atoms with van der Waals surface area (Å²) in [6.07, 6.45) is 0.484. The van der Waals surface area contributed by atoms with Crippen molar-refractivity contribution < 1.29 is 24.1 Å². The first kappa shape index (κ1) is 16.8. The van der Waals surface area contributed by atoms with Gasteiger partial charge in [-0.05, 0) is 6.42 Å². The van der Waals surface area contributed by atoms with E-state index in [0.29, 0.717) is 52.6 Å². The fourth-order valence-electron chi connectivity index (χ4n) is 1.15. The van der Waals surface area contributed by atoms with Crippen molar-refractivity contribution in [3.63, 3.8) is 0 Å². The van der Waals surface area contributed by atoms with Crippen LogP contribution in [0.15, 0.2) is 0 Å². The molecule has 0 amide bonds. The van der Waals surface area contributed by atoms with Crippen molar-refractivity contribution in [3.8, 4) is 0 Å². The van der Waals surface area contributed by atoms with Gasteiger partial charge in [0.2, 0.25) is 0 Å². The molecule has 3 N–H and O–H groups in total. The molecular formula is C11H25NO5.